The van der Waals surface area contributed by atoms with Crippen LogP contribution in [0.4, 0.5) is 0 Å². The summed E-state index contributed by atoms with van der Waals surface area (Å²) >= 11 is 1.73. The van der Waals surface area contributed by atoms with Gasteiger partial charge in [0.2, 0.25) is 0 Å². The highest BCUT2D eigenvalue weighted by Gasteiger charge is 2.10. The van der Waals surface area contributed by atoms with Gasteiger partial charge in [-0.25, -0.2) is 4.98 Å². The van der Waals surface area contributed by atoms with Crippen LogP contribution in [-0.2, 0) is 13.1 Å². The zero-order chi connectivity index (χ0) is 14.4. The van der Waals surface area contributed by atoms with Crippen molar-refractivity contribution in [3.05, 3.63) is 52.0 Å². The van der Waals surface area contributed by atoms with Gasteiger partial charge < -0.3 is 4.90 Å². The molecular weight excluding hydrogens is 266 g/mol. The third kappa shape index (κ3) is 4.71. The molecule has 0 aliphatic rings. The van der Waals surface area contributed by atoms with Crippen molar-refractivity contribution in [2.75, 3.05) is 27.2 Å². The van der Waals surface area contributed by atoms with E-state index < -0.39 is 0 Å². The molecule has 0 N–H and O–H groups in total. The number of rotatable bonds is 7. The minimum Gasteiger partial charge on any atom is -0.308 e. The van der Waals surface area contributed by atoms with Gasteiger partial charge in [-0.3, -0.25) is 4.90 Å². The first-order chi connectivity index (χ1) is 9.65. The lowest BCUT2D eigenvalue weighted by molar-refractivity contribution is 0.225. The number of aromatic nitrogens is 1. The second-order valence-corrected chi connectivity index (χ2v) is 6.35. The SMILES string of the molecule is Cc1ccccc1CN(CCN(C)C)Cc1nccs1. The maximum Gasteiger partial charge on any atom is 0.107 e. The van der Waals surface area contributed by atoms with Crippen molar-refractivity contribution in [1.29, 1.82) is 0 Å². The van der Waals surface area contributed by atoms with Crippen molar-refractivity contribution in [3.63, 3.8) is 0 Å². The van der Waals surface area contributed by atoms with E-state index in [0.717, 1.165) is 26.2 Å². The van der Waals surface area contributed by atoms with Crippen LogP contribution in [0.2, 0.25) is 0 Å². The van der Waals surface area contributed by atoms with Gasteiger partial charge in [0.15, 0.2) is 0 Å². The van der Waals surface area contributed by atoms with Crippen molar-refractivity contribution in [1.82, 2.24) is 14.8 Å². The van der Waals surface area contributed by atoms with Gasteiger partial charge >= 0.3 is 0 Å². The summed E-state index contributed by atoms with van der Waals surface area (Å²) < 4.78 is 0. The topological polar surface area (TPSA) is 19.4 Å². The molecule has 0 atom stereocenters. The summed E-state index contributed by atoms with van der Waals surface area (Å²) in [5.41, 5.74) is 2.77. The zero-order valence-corrected chi connectivity index (χ0v) is 13.4. The molecule has 0 saturated heterocycles. The van der Waals surface area contributed by atoms with Gasteiger partial charge in [0, 0.05) is 31.2 Å². The number of hydrogen-bond acceptors (Lipinski definition) is 4. The molecule has 1 heterocycles. The summed E-state index contributed by atoms with van der Waals surface area (Å²) in [6.45, 7) is 6.22. The molecule has 0 aliphatic carbocycles. The normalized spacial score (nSPS) is 11.4. The van der Waals surface area contributed by atoms with E-state index in [-0.39, 0.29) is 0 Å². The predicted octanol–water partition coefficient (Wildman–Crippen LogP) is 3.02. The van der Waals surface area contributed by atoms with Crippen LogP contribution in [0.25, 0.3) is 0 Å². The number of nitrogens with zero attached hydrogens (tertiary/aromatic N) is 3. The Labute approximate surface area is 125 Å². The molecule has 3 nitrogen and oxygen atoms in total. The van der Waals surface area contributed by atoms with Crippen LogP contribution in [0.1, 0.15) is 16.1 Å². The molecule has 2 rings (SSSR count). The van der Waals surface area contributed by atoms with Gasteiger partial charge in [-0.1, -0.05) is 24.3 Å². The lowest BCUT2D eigenvalue weighted by Crippen LogP contribution is -2.31. The van der Waals surface area contributed by atoms with Crippen molar-refractivity contribution < 1.29 is 0 Å². The lowest BCUT2D eigenvalue weighted by atomic mass is 10.1. The molecule has 1 aromatic carbocycles. The third-order valence-corrected chi connectivity index (χ3v) is 4.13. The number of thiazole rings is 1. The molecule has 0 spiro atoms. The maximum absolute atomic E-state index is 4.41. The maximum atomic E-state index is 4.41. The van der Waals surface area contributed by atoms with E-state index in [1.165, 1.54) is 16.1 Å². The minimum absolute atomic E-state index is 0.930. The van der Waals surface area contributed by atoms with Gasteiger partial charge in [-0.15, -0.1) is 11.3 Å². The predicted molar refractivity (Wildman–Crippen MR) is 86.0 cm³/mol. The molecule has 2 aromatic rings. The molecule has 0 amide bonds. The molecule has 0 aliphatic heterocycles. The van der Waals surface area contributed by atoms with E-state index in [0.29, 0.717) is 0 Å². The lowest BCUT2D eigenvalue weighted by Gasteiger charge is -2.24. The zero-order valence-electron chi connectivity index (χ0n) is 12.5. The van der Waals surface area contributed by atoms with Crippen LogP contribution in [0.3, 0.4) is 0 Å². The van der Waals surface area contributed by atoms with Crippen LogP contribution in [0, 0.1) is 6.92 Å². The summed E-state index contributed by atoms with van der Waals surface area (Å²) in [6, 6.07) is 8.63. The summed E-state index contributed by atoms with van der Waals surface area (Å²) in [7, 11) is 4.24. The van der Waals surface area contributed by atoms with Gasteiger partial charge in [0.25, 0.3) is 0 Å². The fourth-order valence-corrected chi connectivity index (χ4v) is 2.76. The number of benzene rings is 1. The van der Waals surface area contributed by atoms with E-state index in [9.17, 15) is 0 Å². The third-order valence-electron chi connectivity index (χ3n) is 3.36. The van der Waals surface area contributed by atoms with Crippen molar-refractivity contribution in [3.8, 4) is 0 Å². The minimum atomic E-state index is 0.930. The van der Waals surface area contributed by atoms with E-state index in [2.05, 4.69) is 60.1 Å². The van der Waals surface area contributed by atoms with Gasteiger partial charge in [0.1, 0.15) is 5.01 Å². The summed E-state index contributed by atoms with van der Waals surface area (Å²) in [4.78, 5) is 9.11. The monoisotopic (exact) mass is 289 g/mol. The first-order valence-electron chi connectivity index (χ1n) is 6.95. The van der Waals surface area contributed by atoms with Crippen LogP contribution in [0.15, 0.2) is 35.8 Å². The van der Waals surface area contributed by atoms with Crippen molar-refractivity contribution in [2.45, 2.75) is 20.0 Å². The Hall–Kier alpha value is -1.23. The van der Waals surface area contributed by atoms with E-state index >= 15 is 0 Å². The highest BCUT2D eigenvalue weighted by molar-refractivity contribution is 7.09. The smallest absolute Gasteiger partial charge is 0.107 e. The second kappa shape index (κ2) is 7.53. The fraction of sp³-hybridized carbons (Fsp3) is 0.438. The van der Waals surface area contributed by atoms with Crippen molar-refractivity contribution in [2.24, 2.45) is 0 Å². The summed E-state index contributed by atoms with van der Waals surface area (Å²) in [6.07, 6.45) is 1.89. The van der Waals surface area contributed by atoms with Gasteiger partial charge in [-0.2, -0.15) is 0 Å². The van der Waals surface area contributed by atoms with Gasteiger partial charge in [-0.05, 0) is 32.1 Å². The average molecular weight is 289 g/mol. The van der Waals surface area contributed by atoms with Crippen LogP contribution >= 0.6 is 11.3 Å². The second-order valence-electron chi connectivity index (χ2n) is 5.37. The molecule has 0 bridgehead atoms. The summed E-state index contributed by atoms with van der Waals surface area (Å²) in [5.74, 6) is 0. The standard InChI is InChI=1S/C16H23N3S/c1-14-6-4-5-7-15(14)12-19(10-9-18(2)3)13-16-17-8-11-20-16/h4-8,11H,9-10,12-13H2,1-3H3. The van der Waals surface area contributed by atoms with Gasteiger partial charge in [0.05, 0.1) is 6.54 Å². The van der Waals surface area contributed by atoms with E-state index in [1.807, 2.05) is 11.6 Å². The molecular formula is C16H23N3S. The molecule has 0 radical (unpaired) electrons. The first-order valence-corrected chi connectivity index (χ1v) is 7.83. The Balaban J connectivity index is 2.03. The Morgan fingerprint density at radius 2 is 1.90 bits per heavy atom. The van der Waals surface area contributed by atoms with Crippen LogP contribution in [-0.4, -0.2) is 42.0 Å². The molecule has 20 heavy (non-hydrogen) atoms. The Morgan fingerprint density at radius 3 is 2.55 bits per heavy atom. The van der Waals surface area contributed by atoms with Crippen LogP contribution < -0.4 is 0 Å². The molecule has 4 heteroatoms. The Bertz CT molecular complexity index is 508. The number of aryl methyl sites for hydroxylation is 1. The van der Waals surface area contributed by atoms with Crippen molar-refractivity contribution >= 4 is 11.3 Å². The highest BCUT2D eigenvalue weighted by atomic mass is 32.1. The molecule has 0 fully saturated rings. The van der Waals surface area contributed by atoms with Crippen LogP contribution in [0.5, 0.6) is 0 Å². The summed E-state index contributed by atoms with van der Waals surface area (Å²) in [5, 5.41) is 3.24. The Morgan fingerprint density at radius 1 is 1.10 bits per heavy atom. The Kier molecular flexibility index (Phi) is 5.71. The first kappa shape index (κ1) is 15.2. The van der Waals surface area contributed by atoms with E-state index in [4.69, 9.17) is 0 Å². The molecule has 0 unspecified atom stereocenters. The molecule has 1 aromatic heterocycles. The average Bonchev–Trinajstić information content (AvgIpc) is 2.91. The largest absolute Gasteiger partial charge is 0.308 e. The quantitative estimate of drug-likeness (QED) is 0.781. The number of hydrogen-bond donors (Lipinski definition) is 0. The number of likely N-dealkylation sites (N-methyl/N-ethyl adjacent to an activating group) is 1. The fourth-order valence-electron chi connectivity index (χ4n) is 2.11. The van der Waals surface area contributed by atoms with E-state index in [1.54, 1.807) is 11.3 Å². The molecule has 0 saturated carbocycles. The highest BCUT2D eigenvalue weighted by Crippen LogP contribution is 2.14. The molecule has 108 valence electrons.